The standard InChI is InChI=1S/C16H23NO2S/c1-20(18,19)13-7-4-6-12(9-13)16(17)15-10-11-5-2-3-8-14(11)15/h2-3,5,8,12-13,15-16H,4,6-7,9-10,17H2,1H3. The molecule has 0 saturated heterocycles. The van der Waals surface area contributed by atoms with Crippen LogP contribution in [0.3, 0.4) is 0 Å². The monoisotopic (exact) mass is 293 g/mol. The molecule has 4 heteroatoms. The third-order valence-electron chi connectivity index (χ3n) is 5.18. The molecule has 1 saturated carbocycles. The van der Waals surface area contributed by atoms with Gasteiger partial charge in [-0.15, -0.1) is 0 Å². The van der Waals surface area contributed by atoms with Gasteiger partial charge in [-0.1, -0.05) is 30.7 Å². The van der Waals surface area contributed by atoms with Crippen molar-refractivity contribution in [3.63, 3.8) is 0 Å². The van der Waals surface area contributed by atoms with Crippen LogP contribution in [-0.4, -0.2) is 26.0 Å². The van der Waals surface area contributed by atoms with Crippen LogP contribution < -0.4 is 5.73 Å². The maximum Gasteiger partial charge on any atom is 0.150 e. The fraction of sp³-hybridized carbons (Fsp3) is 0.625. The summed E-state index contributed by atoms with van der Waals surface area (Å²) in [6.45, 7) is 0. The lowest BCUT2D eigenvalue weighted by Gasteiger charge is -2.41. The summed E-state index contributed by atoms with van der Waals surface area (Å²) in [7, 11) is -2.92. The fourth-order valence-corrected chi connectivity index (χ4v) is 5.08. The molecule has 4 unspecified atom stereocenters. The maximum atomic E-state index is 11.8. The van der Waals surface area contributed by atoms with Gasteiger partial charge in [0, 0.05) is 18.2 Å². The van der Waals surface area contributed by atoms with Crippen molar-refractivity contribution in [3.05, 3.63) is 35.4 Å². The van der Waals surface area contributed by atoms with Gasteiger partial charge < -0.3 is 5.73 Å². The van der Waals surface area contributed by atoms with Gasteiger partial charge in [0.25, 0.3) is 0 Å². The van der Waals surface area contributed by atoms with E-state index in [0.717, 1.165) is 32.1 Å². The zero-order chi connectivity index (χ0) is 14.3. The van der Waals surface area contributed by atoms with Crippen LogP contribution in [0.2, 0.25) is 0 Å². The molecule has 0 aliphatic heterocycles. The molecule has 2 aliphatic carbocycles. The smallest absolute Gasteiger partial charge is 0.150 e. The third kappa shape index (κ3) is 2.51. The Bertz CT molecular complexity index is 596. The van der Waals surface area contributed by atoms with E-state index in [2.05, 4.69) is 24.3 Å². The molecule has 0 spiro atoms. The van der Waals surface area contributed by atoms with E-state index in [1.807, 2.05) is 0 Å². The van der Waals surface area contributed by atoms with Gasteiger partial charge in [0.2, 0.25) is 0 Å². The van der Waals surface area contributed by atoms with Crippen molar-refractivity contribution in [3.8, 4) is 0 Å². The average molecular weight is 293 g/mol. The minimum absolute atomic E-state index is 0.106. The van der Waals surface area contributed by atoms with Gasteiger partial charge in [-0.3, -0.25) is 0 Å². The minimum Gasteiger partial charge on any atom is -0.327 e. The van der Waals surface area contributed by atoms with Gasteiger partial charge in [-0.2, -0.15) is 0 Å². The molecule has 2 aliphatic rings. The predicted octanol–water partition coefficient (Wildman–Crippen LogP) is 2.26. The van der Waals surface area contributed by atoms with E-state index in [9.17, 15) is 8.42 Å². The van der Waals surface area contributed by atoms with E-state index in [0.29, 0.717) is 11.8 Å². The zero-order valence-corrected chi connectivity index (χ0v) is 12.8. The van der Waals surface area contributed by atoms with Gasteiger partial charge in [-0.25, -0.2) is 8.42 Å². The zero-order valence-electron chi connectivity index (χ0n) is 12.0. The molecule has 3 nitrogen and oxygen atoms in total. The first-order chi connectivity index (χ1) is 9.47. The number of sulfone groups is 1. The highest BCUT2D eigenvalue weighted by molar-refractivity contribution is 7.91. The molecule has 1 aromatic carbocycles. The topological polar surface area (TPSA) is 60.2 Å². The van der Waals surface area contributed by atoms with Crippen LogP contribution in [-0.2, 0) is 16.3 Å². The molecule has 2 N–H and O–H groups in total. The van der Waals surface area contributed by atoms with E-state index in [-0.39, 0.29) is 11.3 Å². The molecule has 20 heavy (non-hydrogen) atoms. The lowest BCUT2D eigenvalue weighted by atomic mass is 9.68. The number of hydrogen-bond acceptors (Lipinski definition) is 3. The SMILES string of the molecule is CS(=O)(=O)C1CCCC(C(N)C2Cc3ccccc32)C1. The Hall–Kier alpha value is -0.870. The van der Waals surface area contributed by atoms with Crippen LogP contribution in [0.25, 0.3) is 0 Å². The Balaban J connectivity index is 1.71. The van der Waals surface area contributed by atoms with Crippen molar-refractivity contribution in [1.29, 1.82) is 0 Å². The number of benzene rings is 1. The second-order valence-corrected chi connectivity index (χ2v) is 8.79. The molecule has 0 heterocycles. The lowest BCUT2D eigenvalue weighted by molar-refractivity contribution is 0.267. The molecule has 0 bridgehead atoms. The first-order valence-electron chi connectivity index (χ1n) is 7.49. The summed E-state index contributed by atoms with van der Waals surface area (Å²) >= 11 is 0. The van der Waals surface area contributed by atoms with Gasteiger partial charge >= 0.3 is 0 Å². The van der Waals surface area contributed by atoms with Crippen LogP contribution >= 0.6 is 0 Å². The van der Waals surface area contributed by atoms with Crippen molar-refractivity contribution in [1.82, 2.24) is 0 Å². The number of hydrogen-bond donors (Lipinski definition) is 1. The molecule has 0 radical (unpaired) electrons. The summed E-state index contributed by atoms with van der Waals surface area (Å²) in [5, 5.41) is -0.178. The number of rotatable bonds is 3. The highest BCUT2D eigenvalue weighted by atomic mass is 32.2. The van der Waals surface area contributed by atoms with Crippen LogP contribution in [0.4, 0.5) is 0 Å². The van der Waals surface area contributed by atoms with Gasteiger partial charge in [-0.05, 0) is 42.7 Å². The van der Waals surface area contributed by atoms with E-state index < -0.39 is 9.84 Å². The van der Waals surface area contributed by atoms with Crippen molar-refractivity contribution >= 4 is 9.84 Å². The normalized spacial score (nSPS) is 31.2. The van der Waals surface area contributed by atoms with E-state index in [1.54, 1.807) is 0 Å². The summed E-state index contributed by atoms with van der Waals surface area (Å²) in [4.78, 5) is 0. The second-order valence-electron chi connectivity index (χ2n) is 6.47. The number of fused-ring (bicyclic) bond motifs is 1. The molecule has 4 atom stereocenters. The second kappa shape index (κ2) is 5.15. The predicted molar refractivity (Wildman–Crippen MR) is 81.5 cm³/mol. The largest absolute Gasteiger partial charge is 0.327 e. The number of nitrogens with two attached hydrogens (primary N) is 1. The van der Waals surface area contributed by atoms with Crippen LogP contribution in [0, 0.1) is 5.92 Å². The van der Waals surface area contributed by atoms with Crippen LogP contribution in [0.1, 0.15) is 42.7 Å². The highest BCUT2D eigenvalue weighted by Crippen LogP contribution is 2.42. The fourth-order valence-electron chi connectivity index (χ4n) is 3.89. The van der Waals surface area contributed by atoms with Crippen LogP contribution in [0.5, 0.6) is 0 Å². The summed E-state index contributed by atoms with van der Waals surface area (Å²) < 4.78 is 23.5. The van der Waals surface area contributed by atoms with E-state index in [1.165, 1.54) is 17.4 Å². The van der Waals surface area contributed by atoms with Gasteiger partial charge in [0.1, 0.15) is 9.84 Å². The Morgan fingerprint density at radius 2 is 2.00 bits per heavy atom. The summed E-state index contributed by atoms with van der Waals surface area (Å²) in [5.74, 6) is 0.774. The molecule has 1 fully saturated rings. The van der Waals surface area contributed by atoms with Crippen molar-refractivity contribution in [2.45, 2.75) is 49.3 Å². The van der Waals surface area contributed by atoms with E-state index in [4.69, 9.17) is 5.73 Å². The lowest BCUT2D eigenvalue weighted by Crippen LogP contribution is -2.44. The molecular formula is C16H23NO2S. The highest BCUT2D eigenvalue weighted by Gasteiger charge is 2.38. The average Bonchev–Trinajstić information content (AvgIpc) is 2.39. The van der Waals surface area contributed by atoms with E-state index >= 15 is 0 Å². The molecule has 0 aromatic heterocycles. The quantitative estimate of drug-likeness (QED) is 0.930. The molecule has 0 amide bonds. The summed E-state index contributed by atoms with van der Waals surface area (Å²) in [5.41, 5.74) is 9.26. The van der Waals surface area contributed by atoms with Crippen LogP contribution in [0.15, 0.2) is 24.3 Å². The summed E-state index contributed by atoms with van der Waals surface area (Å²) in [6.07, 6.45) is 6.04. The van der Waals surface area contributed by atoms with Gasteiger partial charge in [0.15, 0.2) is 0 Å². The maximum absolute atomic E-state index is 11.8. The molecule has 3 rings (SSSR count). The molecule has 1 aromatic rings. The van der Waals surface area contributed by atoms with Gasteiger partial charge in [0.05, 0.1) is 5.25 Å². The Morgan fingerprint density at radius 1 is 1.25 bits per heavy atom. The Morgan fingerprint density at radius 3 is 2.70 bits per heavy atom. The van der Waals surface area contributed by atoms with Crippen molar-refractivity contribution < 1.29 is 8.42 Å². The van der Waals surface area contributed by atoms with Crippen molar-refractivity contribution in [2.24, 2.45) is 11.7 Å². The van der Waals surface area contributed by atoms with Crippen molar-refractivity contribution in [2.75, 3.05) is 6.26 Å². The first kappa shape index (κ1) is 14.1. The third-order valence-corrected chi connectivity index (χ3v) is 6.81. The Labute approximate surface area is 121 Å². The first-order valence-corrected chi connectivity index (χ1v) is 9.44. The minimum atomic E-state index is -2.92. The molecule has 110 valence electrons. The molecular weight excluding hydrogens is 270 g/mol. The Kier molecular flexibility index (Phi) is 3.63. The summed E-state index contributed by atoms with van der Waals surface area (Å²) in [6, 6.07) is 8.58.